The van der Waals surface area contributed by atoms with Crippen molar-refractivity contribution in [3.05, 3.63) is 18.5 Å². The highest BCUT2D eigenvalue weighted by Gasteiger charge is 2.25. The monoisotopic (exact) mass is 354 g/mol. The zero-order chi connectivity index (χ0) is 16.4. The predicted octanol–water partition coefficient (Wildman–Crippen LogP) is 0.826. The number of nitrogens with two attached hydrogens (primary N) is 1. The Bertz CT molecular complexity index is 805. The van der Waals surface area contributed by atoms with Crippen molar-refractivity contribution in [3.8, 4) is 0 Å². The molecule has 1 fully saturated rings. The van der Waals surface area contributed by atoms with Crippen molar-refractivity contribution in [1.29, 1.82) is 0 Å². The van der Waals surface area contributed by atoms with Crippen LogP contribution in [-0.4, -0.2) is 53.1 Å². The molecule has 0 unspecified atom stereocenters. The normalized spacial score (nSPS) is 17.5. The second kappa shape index (κ2) is 6.56. The molecule has 0 spiro atoms. The molecule has 124 valence electrons. The summed E-state index contributed by atoms with van der Waals surface area (Å²) in [6.07, 6.45) is 6.77. The number of thioether (sulfide) groups is 1. The van der Waals surface area contributed by atoms with Gasteiger partial charge in [0.05, 0.1) is 10.9 Å². The fourth-order valence-electron chi connectivity index (χ4n) is 2.60. The molecule has 0 bridgehead atoms. The van der Waals surface area contributed by atoms with Crippen LogP contribution in [0.1, 0.15) is 12.8 Å². The second-order valence-corrected chi connectivity index (χ2v) is 7.63. The van der Waals surface area contributed by atoms with E-state index in [1.165, 1.54) is 16.1 Å². The summed E-state index contributed by atoms with van der Waals surface area (Å²) in [7, 11) is -3.60. The van der Waals surface area contributed by atoms with Gasteiger partial charge in [0.1, 0.15) is 5.82 Å². The molecular formula is C13H18N6O2S2. The van der Waals surface area contributed by atoms with Crippen molar-refractivity contribution in [2.24, 2.45) is 5.14 Å². The molecule has 0 aliphatic carbocycles. The zero-order valence-electron chi connectivity index (χ0n) is 12.6. The molecule has 3 N–H and O–H groups in total. The highest BCUT2D eigenvalue weighted by atomic mass is 32.2. The Balaban J connectivity index is 1.75. The second-order valence-electron chi connectivity index (χ2n) is 5.31. The molecule has 0 amide bonds. The molecule has 2 aromatic heterocycles. The topological polar surface area (TPSA) is 114 Å². The number of hydrogen-bond donors (Lipinski definition) is 2. The molecule has 0 saturated carbocycles. The lowest BCUT2D eigenvalue weighted by atomic mass is 10.1. The van der Waals surface area contributed by atoms with E-state index in [1.807, 2.05) is 12.3 Å². The number of anilines is 1. The molecule has 8 nitrogen and oxygen atoms in total. The number of aromatic nitrogens is 3. The molecule has 0 radical (unpaired) electrons. The molecule has 1 saturated heterocycles. The highest BCUT2D eigenvalue weighted by Crippen LogP contribution is 2.23. The van der Waals surface area contributed by atoms with Gasteiger partial charge >= 0.3 is 0 Å². The van der Waals surface area contributed by atoms with Crippen LogP contribution in [0.4, 0.5) is 5.82 Å². The quantitative estimate of drug-likeness (QED) is 0.617. The summed E-state index contributed by atoms with van der Waals surface area (Å²) in [6, 6.07) is 2.00. The van der Waals surface area contributed by atoms with Crippen molar-refractivity contribution in [2.45, 2.75) is 24.0 Å². The van der Waals surface area contributed by atoms with E-state index in [-0.39, 0.29) is 6.04 Å². The van der Waals surface area contributed by atoms with Crippen LogP contribution in [-0.2, 0) is 10.2 Å². The van der Waals surface area contributed by atoms with E-state index in [0.717, 1.165) is 21.9 Å². The van der Waals surface area contributed by atoms with Gasteiger partial charge in [0.15, 0.2) is 5.16 Å². The van der Waals surface area contributed by atoms with E-state index < -0.39 is 10.2 Å². The smallest absolute Gasteiger partial charge is 0.276 e. The van der Waals surface area contributed by atoms with Crippen molar-refractivity contribution in [2.75, 3.05) is 24.7 Å². The minimum absolute atomic E-state index is 0.145. The number of nitrogens with zero attached hydrogens (tertiary/aromatic N) is 4. The number of hydrogen-bond acceptors (Lipinski definition) is 7. The number of fused-ring (bicyclic) bond motifs is 1. The first-order chi connectivity index (χ1) is 11.0. The lowest BCUT2D eigenvalue weighted by Gasteiger charge is -2.30. The highest BCUT2D eigenvalue weighted by molar-refractivity contribution is 7.98. The summed E-state index contributed by atoms with van der Waals surface area (Å²) in [6.45, 7) is 0.822. The SMILES string of the molecule is CSc1ncc2c(NC3CCN(S(N)(=O)=O)CC3)nccc2n1. The van der Waals surface area contributed by atoms with Gasteiger partial charge in [0.25, 0.3) is 10.2 Å². The van der Waals surface area contributed by atoms with Crippen LogP contribution in [0.5, 0.6) is 0 Å². The van der Waals surface area contributed by atoms with Crippen LogP contribution < -0.4 is 10.5 Å². The molecular weight excluding hydrogens is 336 g/mol. The van der Waals surface area contributed by atoms with Crippen molar-refractivity contribution in [1.82, 2.24) is 19.3 Å². The number of pyridine rings is 1. The van der Waals surface area contributed by atoms with E-state index in [9.17, 15) is 8.42 Å². The predicted molar refractivity (Wildman–Crippen MR) is 90.4 cm³/mol. The Morgan fingerprint density at radius 1 is 1.35 bits per heavy atom. The molecule has 3 rings (SSSR count). The molecule has 10 heteroatoms. The molecule has 23 heavy (non-hydrogen) atoms. The number of rotatable bonds is 4. The largest absolute Gasteiger partial charge is 0.367 e. The van der Waals surface area contributed by atoms with E-state index in [2.05, 4.69) is 20.3 Å². The fraction of sp³-hybridized carbons (Fsp3) is 0.462. The average Bonchev–Trinajstić information content (AvgIpc) is 2.54. The molecule has 0 aromatic carbocycles. The van der Waals surface area contributed by atoms with E-state index in [1.54, 1.807) is 12.4 Å². The zero-order valence-corrected chi connectivity index (χ0v) is 14.3. The van der Waals surface area contributed by atoms with E-state index in [4.69, 9.17) is 5.14 Å². The Kier molecular flexibility index (Phi) is 4.67. The maximum absolute atomic E-state index is 11.3. The Hall–Kier alpha value is -1.49. The summed E-state index contributed by atoms with van der Waals surface area (Å²) in [5, 5.41) is 10.1. The van der Waals surface area contributed by atoms with Gasteiger partial charge in [0.2, 0.25) is 0 Å². The maximum atomic E-state index is 11.3. The first kappa shape index (κ1) is 16.4. The lowest BCUT2D eigenvalue weighted by molar-refractivity contribution is 0.330. The standard InChI is InChI=1S/C13H18N6O2S2/c1-22-13-16-8-10-11(18-13)2-5-15-12(10)17-9-3-6-19(7-4-9)23(14,20)21/h2,5,8-9H,3-4,6-7H2,1H3,(H,15,17)(H2,14,20,21). The van der Waals surface area contributed by atoms with Gasteiger partial charge in [-0.05, 0) is 25.2 Å². The van der Waals surface area contributed by atoms with Crippen molar-refractivity contribution in [3.63, 3.8) is 0 Å². The van der Waals surface area contributed by atoms with Gasteiger partial charge in [-0.1, -0.05) is 11.8 Å². The van der Waals surface area contributed by atoms with Crippen LogP contribution in [0.25, 0.3) is 10.9 Å². The molecule has 1 aliphatic rings. The van der Waals surface area contributed by atoms with Gasteiger partial charge in [-0.25, -0.2) is 20.1 Å². The molecule has 2 aromatic rings. The third-order valence-corrected chi connectivity index (χ3v) is 5.47. The maximum Gasteiger partial charge on any atom is 0.276 e. The summed E-state index contributed by atoms with van der Waals surface area (Å²) < 4.78 is 24.0. The van der Waals surface area contributed by atoms with Crippen molar-refractivity contribution < 1.29 is 8.42 Å². The van der Waals surface area contributed by atoms with Crippen LogP contribution >= 0.6 is 11.8 Å². The fourth-order valence-corrected chi connectivity index (χ4v) is 3.67. The molecule has 3 heterocycles. The third kappa shape index (κ3) is 3.71. The van der Waals surface area contributed by atoms with Gasteiger partial charge < -0.3 is 5.32 Å². The summed E-state index contributed by atoms with van der Waals surface area (Å²) >= 11 is 1.49. The third-order valence-electron chi connectivity index (χ3n) is 3.82. The van der Waals surface area contributed by atoms with Gasteiger partial charge in [0, 0.05) is 31.5 Å². The van der Waals surface area contributed by atoms with Crippen LogP contribution in [0.15, 0.2) is 23.6 Å². The van der Waals surface area contributed by atoms with Gasteiger partial charge in [-0.3, -0.25) is 0 Å². The Labute approximate surface area is 139 Å². The van der Waals surface area contributed by atoms with Crippen LogP contribution in [0.3, 0.4) is 0 Å². The summed E-state index contributed by atoms with van der Waals surface area (Å²) in [4.78, 5) is 13.1. The average molecular weight is 354 g/mol. The van der Waals surface area contributed by atoms with Crippen LogP contribution in [0.2, 0.25) is 0 Å². The molecule has 0 atom stereocenters. The van der Waals surface area contributed by atoms with Crippen molar-refractivity contribution >= 4 is 38.7 Å². The first-order valence-electron chi connectivity index (χ1n) is 7.17. The summed E-state index contributed by atoms with van der Waals surface area (Å²) in [5.74, 6) is 0.726. The van der Waals surface area contributed by atoms with Gasteiger partial charge in [-0.15, -0.1) is 0 Å². The Morgan fingerprint density at radius 2 is 2.09 bits per heavy atom. The minimum atomic E-state index is -3.60. The van der Waals surface area contributed by atoms with Gasteiger partial charge in [-0.2, -0.15) is 12.7 Å². The number of piperidine rings is 1. The lowest BCUT2D eigenvalue weighted by Crippen LogP contribution is -2.45. The van der Waals surface area contributed by atoms with E-state index >= 15 is 0 Å². The van der Waals surface area contributed by atoms with Crippen LogP contribution in [0, 0.1) is 0 Å². The minimum Gasteiger partial charge on any atom is -0.367 e. The Morgan fingerprint density at radius 3 is 2.74 bits per heavy atom. The summed E-state index contributed by atoms with van der Waals surface area (Å²) in [5.41, 5.74) is 0.837. The molecule has 1 aliphatic heterocycles. The first-order valence-corrected chi connectivity index (χ1v) is 9.90. The number of nitrogens with one attached hydrogen (secondary N) is 1. The van der Waals surface area contributed by atoms with E-state index in [0.29, 0.717) is 25.9 Å².